The zero-order valence-corrected chi connectivity index (χ0v) is 14.5. The van der Waals surface area contributed by atoms with E-state index < -0.39 is 0 Å². The molecule has 24 heavy (non-hydrogen) atoms. The number of halogens is 1. The Hall–Kier alpha value is -2.40. The molecule has 2 heterocycles. The number of fused-ring (bicyclic) bond motifs is 1. The van der Waals surface area contributed by atoms with Gasteiger partial charge < -0.3 is 9.84 Å². The molecule has 2 aromatic heterocycles. The van der Waals surface area contributed by atoms with Gasteiger partial charge in [0, 0.05) is 34.6 Å². The van der Waals surface area contributed by atoms with E-state index in [2.05, 4.69) is 15.5 Å². The van der Waals surface area contributed by atoms with Crippen LogP contribution >= 0.6 is 11.6 Å². The molecule has 0 aliphatic carbocycles. The summed E-state index contributed by atoms with van der Waals surface area (Å²) in [6.07, 6.45) is 1.62. The molecule has 124 valence electrons. The molecule has 1 aromatic carbocycles. The summed E-state index contributed by atoms with van der Waals surface area (Å²) in [5.74, 6) is 0.768. The van der Waals surface area contributed by atoms with Gasteiger partial charge in [-0.05, 0) is 32.0 Å². The SMILES string of the molecule is Cc1noc(C)c1C(C)CNC(=O)c1ccnc2cc(Cl)ccc12. The largest absolute Gasteiger partial charge is 0.361 e. The number of aryl methyl sites for hydroxylation is 2. The van der Waals surface area contributed by atoms with E-state index in [-0.39, 0.29) is 11.8 Å². The van der Waals surface area contributed by atoms with Gasteiger partial charge in [-0.25, -0.2) is 0 Å². The van der Waals surface area contributed by atoms with Crippen LogP contribution in [0.3, 0.4) is 0 Å². The first-order chi connectivity index (χ1) is 11.5. The van der Waals surface area contributed by atoms with Crippen molar-refractivity contribution in [1.29, 1.82) is 0 Å². The summed E-state index contributed by atoms with van der Waals surface area (Å²) < 4.78 is 5.19. The topological polar surface area (TPSA) is 68.0 Å². The van der Waals surface area contributed by atoms with Crippen molar-refractivity contribution in [1.82, 2.24) is 15.5 Å². The fourth-order valence-corrected chi connectivity index (χ4v) is 3.12. The number of pyridine rings is 1. The van der Waals surface area contributed by atoms with E-state index in [1.54, 1.807) is 24.4 Å². The van der Waals surface area contributed by atoms with Crippen LogP contribution in [-0.2, 0) is 0 Å². The predicted molar refractivity (Wildman–Crippen MR) is 93.5 cm³/mol. The molecular formula is C18H18ClN3O2. The molecule has 3 rings (SSSR count). The highest BCUT2D eigenvalue weighted by Gasteiger charge is 2.18. The highest BCUT2D eigenvalue weighted by Crippen LogP contribution is 2.23. The normalized spacial score (nSPS) is 12.3. The monoisotopic (exact) mass is 343 g/mol. The lowest BCUT2D eigenvalue weighted by atomic mass is 9.99. The quantitative estimate of drug-likeness (QED) is 0.776. The summed E-state index contributed by atoms with van der Waals surface area (Å²) >= 11 is 5.98. The van der Waals surface area contributed by atoms with E-state index >= 15 is 0 Å². The maximum absolute atomic E-state index is 12.6. The molecule has 1 N–H and O–H groups in total. The number of rotatable bonds is 4. The second-order valence-corrected chi connectivity index (χ2v) is 6.31. The van der Waals surface area contributed by atoms with Gasteiger partial charge >= 0.3 is 0 Å². The summed E-state index contributed by atoms with van der Waals surface area (Å²) in [5.41, 5.74) is 3.19. The second-order valence-electron chi connectivity index (χ2n) is 5.87. The maximum Gasteiger partial charge on any atom is 0.252 e. The first-order valence-corrected chi connectivity index (χ1v) is 8.10. The Bertz CT molecular complexity index is 885. The number of nitrogens with one attached hydrogen (secondary N) is 1. The van der Waals surface area contributed by atoms with Gasteiger partial charge in [0.05, 0.1) is 16.8 Å². The van der Waals surface area contributed by atoms with Crippen LogP contribution in [-0.4, -0.2) is 22.6 Å². The molecule has 0 aliphatic rings. The average Bonchev–Trinajstić information content (AvgIpc) is 2.90. The minimum absolute atomic E-state index is 0.114. The number of carbonyl (C=O) groups is 1. The van der Waals surface area contributed by atoms with Crippen LogP contribution in [0.25, 0.3) is 10.9 Å². The van der Waals surface area contributed by atoms with E-state index in [0.717, 1.165) is 22.4 Å². The smallest absolute Gasteiger partial charge is 0.252 e. The van der Waals surface area contributed by atoms with Gasteiger partial charge in [0.15, 0.2) is 0 Å². The molecule has 0 spiro atoms. The zero-order valence-electron chi connectivity index (χ0n) is 13.8. The van der Waals surface area contributed by atoms with Crippen molar-refractivity contribution >= 4 is 28.4 Å². The third-order valence-corrected chi connectivity index (χ3v) is 4.33. The lowest BCUT2D eigenvalue weighted by Crippen LogP contribution is -2.28. The highest BCUT2D eigenvalue weighted by molar-refractivity contribution is 6.31. The van der Waals surface area contributed by atoms with E-state index in [9.17, 15) is 4.79 Å². The van der Waals surface area contributed by atoms with E-state index in [4.69, 9.17) is 16.1 Å². The Morgan fingerprint density at radius 1 is 1.33 bits per heavy atom. The van der Waals surface area contributed by atoms with E-state index in [0.29, 0.717) is 22.6 Å². The Morgan fingerprint density at radius 2 is 2.12 bits per heavy atom. The van der Waals surface area contributed by atoms with Gasteiger partial charge in [0.1, 0.15) is 5.76 Å². The van der Waals surface area contributed by atoms with E-state index in [1.807, 2.05) is 26.8 Å². The number of hydrogen-bond acceptors (Lipinski definition) is 4. The molecule has 1 amide bonds. The average molecular weight is 344 g/mol. The molecule has 0 radical (unpaired) electrons. The number of hydrogen-bond donors (Lipinski definition) is 1. The lowest BCUT2D eigenvalue weighted by molar-refractivity contribution is 0.0953. The Morgan fingerprint density at radius 3 is 2.83 bits per heavy atom. The van der Waals surface area contributed by atoms with Crippen LogP contribution in [0.2, 0.25) is 5.02 Å². The van der Waals surface area contributed by atoms with Crippen molar-refractivity contribution in [3.63, 3.8) is 0 Å². The Labute approximate surface area is 145 Å². The summed E-state index contributed by atoms with van der Waals surface area (Å²) in [4.78, 5) is 16.8. The van der Waals surface area contributed by atoms with Crippen LogP contribution in [0, 0.1) is 13.8 Å². The lowest BCUT2D eigenvalue weighted by Gasteiger charge is -2.13. The van der Waals surface area contributed by atoms with Gasteiger partial charge in [-0.3, -0.25) is 9.78 Å². The molecule has 1 unspecified atom stereocenters. The minimum Gasteiger partial charge on any atom is -0.361 e. The Balaban J connectivity index is 1.78. The molecule has 0 aliphatic heterocycles. The molecule has 0 saturated carbocycles. The van der Waals surface area contributed by atoms with Crippen molar-refractivity contribution in [2.75, 3.05) is 6.54 Å². The van der Waals surface area contributed by atoms with Gasteiger partial charge in [0.25, 0.3) is 5.91 Å². The number of carbonyl (C=O) groups excluding carboxylic acids is 1. The Kier molecular flexibility index (Phi) is 4.53. The molecule has 3 aromatic rings. The van der Waals surface area contributed by atoms with E-state index in [1.165, 1.54) is 0 Å². The second kappa shape index (κ2) is 6.61. The fourth-order valence-electron chi connectivity index (χ4n) is 2.96. The zero-order chi connectivity index (χ0) is 17.3. The molecular weight excluding hydrogens is 326 g/mol. The van der Waals surface area contributed by atoms with Crippen molar-refractivity contribution in [3.05, 3.63) is 58.1 Å². The summed E-state index contributed by atoms with van der Waals surface area (Å²) in [6, 6.07) is 7.04. The van der Waals surface area contributed by atoms with Gasteiger partial charge in [-0.15, -0.1) is 0 Å². The molecule has 5 nitrogen and oxygen atoms in total. The maximum atomic E-state index is 12.6. The first-order valence-electron chi connectivity index (χ1n) is 7.72. The molecule has 1 atom stereocenters. The van der Waals surface area contributed by atoms with Crippen LogP contribution in [0.15, 0.2) is 35.0 Å². The van der Waals surface area contributed by atoms with Crippen LogP contribution in [0.1, 0.15) is 40.2 Å². The summed E-state index contributed by atoms with van der Waals surface area (Å²) in [6.45, 7) is 6.33. The number of amides is 1. The standard InChI is InChI=1S/C18H18ClN3O2/c1-10(17-11(2)22-24-12(17)3)9-21-18(23)15-6-7-20-16-8-13(19)4-5-14(15)16/h4-8,10H,9H2,1-3H3,(H,21,23). The minimum atomic E-state index is -0.136. The third-order valence-electron chi connectivity index (χ3n) is 4.10. The van der Waals surface area contributed by atoms with Crippen molar-refractivity contribution in [2.24, 2.45) is 0 Å². The van der Waals surface area contributed by atoms with Gasteiger partial charge in [-0.2, -0.15) is 0 Å². The molecule has 0 saturated heterocycles. The van der Waals surface area contributed by atoms with Gasteiger partial charge in [0.2, 0.25) is 0 Å². The molecule has 6 heteroatoms. The van der Waals surface area contributed by atoms with Crippen LogP contribution in [0.4, 0.5) is 0 Å². The fraction of sp³-hybridized carbons (Fsp3) is 0.278. The van der Waals surface area contributed by atoms with Crippen LogP contribution in [0.5, 0.6) is 0 Å². The van der Waals surface area contributed by atoms with Crippen LogP contribution < -0.4 is 5.32 Å². The number of benzene rings is 1. The van der Waals surface area contributed by atoms with Gasteiger partial charge in [-0.1, -0.05) is 29.7 Å². The predicted octanol–water partition coefficient (Wildman–Crippen LogP) is 4.03. The summed E-state index contributed by atoms with van der Waals surface area (Å²) in [7, 11) is 0. The van der Waals surface area contributed by atoms with Crippen molar-refractivity contribution < 1.29 is 9.32 Å². The molecule has 0 bridgehead atoms. The summed E-state index contributed by atoms with van der Waals surface area (Å²) in [5, 5.41) is 8.32. The number of aromatic nitrogens is 2. The number of nitrogens with zero attached hydrogens (tertiary/aromatic N) is 2. The first kappa shape index (κ1) is 16.5. The highest BCUT2D eigenvalue weighted by atomic mass is 35.5. The molecule has 0 fully saturated rings. The third kappa shape index (κ3) is 3.12. The van der Waals surface area contributed by atoms with Crippen molar-refractivity contribution in [3.8, 4) is 0 Å². The van der Waals surface area contributed by atoms with Crippen molar-refractivity contribution in [2.45, 2.75) is 26.7 Å².